The summed E-state index contributed by atoms with van der Waals surface area (Å²) >= 11 is 10.1. The maximum Gasteiger partial charge on any atom is 0.141 e. The average molecular weight is 591 g/mol. The summed E-state index contributed by atoms with van der Waals surface area (Å²) in [5, 5.41) is 3.20. The molecule has 0 fully saturated rings. The molecule has 6 nitrogen and oxygen atoms in total. The fourth-order valence-corrected chi connectivity index (χ4v) is 3.62. The maximum atomic E-state index is 5.03. The molecule has 0 atom stereocenters. The molecular weight excluding hydrogens is 568 g/mol. The van der Waals surface area contributed by atoms with Gasteiger partial charge in [-0.2, -0.15) is 0 Å². The Bertz CT molecular complexity index is 1000. The van der Waals surface area contributed by atoms with Gasteiger partial charge < -0.3 is 19.0 Å². The second-order valence-corrected chi connectivity index (χ2v) is 8.25. The van der Waals surface area contributed by atoms with Gasteiger partial charge in [-0.1, -0.05) is 15.9 Å². The fraction of sp³-hybridized carbons (Fsp3) is 0.300. The lowest BCUT2D eigenvalue weighted by molar-refractivity contribution is 0.188. The van der Waals surface area contributed by atoms with Crippen LogP contribution in [0, 0.1) is 0 Å². The first kappa shape index (κ1) is 24.0. The number of methoxy groups -OCH3 is 2. The van der Waals surface area contributed by atoms with E-state index in [-0.39, 0.29) is 0 Å². The Balaban J connectivity index is 0.000000175. The molecule has 9 heteroatoms. The number of nitrogens with one attached hydrogen (secondary N) is 1. The Morgan fingerprint density at radius 3 is 2.24 bits per heavy atom. The van der Waals surface area contributed by atoms with Crippen LogP contribution < -0.4 is 0 Å². The molecular formula is C20H23Br3N4O2. The molecule has 4 heterocycles. The lowest BCUT2D eigenvalue weighted by Crippen LogP contribution is -2.03. The molecule has 0 aromatic carbocycles. The van der Waals surface area contributed by atoms with Crippen molar-refractivity contribution in [2.45, 2.75) is 6.54 Å². The highest BCUT2D eigenvalue weighted by Gasteiger charge is 2.04. The fourth-order valence-electron chi connectivity index (χ4n) is 2.43. The Labute approximate surface area is 195 Å². The van der Waals surface area contributed by atoms with Crippen LogP contribution >= 0.6 is 47.8 Å². The summed E-state index contributed by atoms with van der Waals surface area (Å²) in [4.78, 5) is 11.5. The lowest BCUT2D eigenvalue weighted by atomic mass is 10.3. The molecule has 4 aromatic heterocycles. The second kappa shape index (κ2) is 13.1. The molecule has 0 saturated carbocycles. The highest BCUT2D eigenvalue weighted by Crippen LogP contribution is 2.22. The third kappa shape index (κ3) is 7.18. The smallest absolute Gasteiger partial charge is 0.141 e. The van der Waals surface area contributed by atoms with Gasteiger partial charge in [-0.15, -0.1) is 0 Å². The van der Waals surface area contributed by atoms with E-state index in [0.29, 0.717) is 6.61 Å². The van der Waals surface area contributed by atoms with E-state index in [1.165, 1.54) is 0 Å². The highest BCUT2D eigenvalue weighted by atomic mass is 79.9. The van der Waals surface area contributed by atoms with Crippen molar-refractivity contribution < 1.29 is 9.47 Å². The standard InChI is InChI=1S/C10H11BrN2O.C7H5BrN2.C3H7BrO/c1-14-7-6-13-5-3-8-9(11)2-4-12-10(8)13;8-6-2-4-10-7-5(6)1-3-9-7;1-5-3-2-4/h2-5H,6-7H2,1H3;1-4H,(H,9,10);2-3H2,1H3. The van der Waals surface area contributed by atoms with Crippen molar-refractivity contribution in [2.75, 3.05) is 32.8 Å². The van der Waals surface area contributed by atoms with E-state index in [2.05, 4.69) is 78.1 Å². The molecule has 156 valence electrons. The predicted octanol–water partition coefficient (Wildman–Crippen LogP) is 5.80. The number of aromatic nitrogens is 4. The second-order valence-electron chi connectivity index (χ2n) is 5.75. The van der Waals surface area contributed by atoms with E-state index < -0.39 is 0 Å². The first-order valence-corrected chi connectivity index (χ1v) is 11.5. The van der Waals surface area contributed by atoms with Gasteiger partial charge in [-0.3, -0.25) is 0 Å². The lowest BCUT2D eigenvalue weighted by Gasteiger charge is -2.03. The van der Waals surface area contributed by atoms with E-state index in [1.807, 2.05) is 30.6 Å². The number of ether oxygens (including phenoxy) is 2. The summed E-state index contributed by atoms with van der Waals surface area (Å²) in [5.41, 5.74) is 1.92. The van der Waals surface area contributed by atoms with Crippen molar-refractivity contribution in [1.29, 1.82) is 0 Å². The quantitative estimate of drug-likeness (QED) is 0.299. The van der Waals surface area contributed by atoms with Gasteiger partial charge >= 0.3 is 0 Å². The maximum absolute atomic E-state index is 5.03. The van der Waals surface area contributed by atoms with Gasteiger partial charge in [0.1, 0.15) is 11.3 Å². The van der Waals surface area contributed by atoms with Crippen molar-refractivity contribution in [3.05, 3.63) is 58.0 Å². The van der Waals surface area contributed by atoms with Crippen LogP contribution in [-0.4, -0.2) is 52.3 Å². The monoisotopic (exact) mass is 588 g/mol. The molecule has 0 amide bonds. The summed E-state index contributed by atoms with van der Waals surface area (Å²) in [6, 6.07) is 7.92. The number of halogens is 3. The van der Waals surface area contributed by atoms with Crippen molar-refractivity contribution >= 4 is 69.9 Å². The summed E-state index contributed by atoms with van der Waals surface area (Å²) in [6.45, 7) is 2.35. The summed E-state index contributed by atoms with van der Waals surface area (Å²) in [7, 11) is 3.39. The first-order valence-electron chi connectivity index (χ1n) is 8.83. The largest absolute Gasteiger partial charge is 0.384 e. The molecule has 0 radical (unpaired) electrons. The minimum Gasteiger partial charge on any atom is -0.384 e. The van der Waals surface area contributed by atoms with Gasteiger partial charge in [0, 0.05) is 70.6 Å². The van der Waals surface area contributed by atoms with Crippen LogP contribution in [0.3, 0.4) is 0 Å². The number of H-pyrrole nitrogens is 1. The van der Waals surface area contributed by atoms with E-state index in [4.69, 9.17) is 4.74 Å². The Hall–Kier alpha value is -1.26. The molecule has 0 aliphatic rings. The number of aromatic amines is 1. The molecule has 1 N–H and O–H groups in total. The van der Waals surface area contributed by atoms with Crippen LogP contribution in [0.5, 0.6) is 0 Å². The van der Waals surface area contributed by atoms with Gasteiger partial charge in [0.2, 0.25) is 0 Å². The molecule has 29 heavy (non-hydrogen) atoms. The van der Waals surface area contributed by atoms with Crippen molar-refractivity contribution in [2.24, 2.45) is 0 Å². The zero-order valence-corrected chi connectivity index (χ0v) is 21.0. The molecule has 0 bridgehead atoms. The van der Waals surface area contributed by atoms with E-state index >= 15 is 0 Å². The van der Waals surface area contributed by atoms with Crippen LogP contribution in [-0.2, 0) is 16.0 Å². The van der Waals surface area contributed by atoms with E-state index in [9.17, 15) is 0 Å². The number of alkyl halides is 1. The molecule has 4 aromatic rings. The number of pyridine rings is 2. The normalized spacial score (nSPS) is 10.4. The topological polar surface area (TPSA) is 65.0 Å². The zero-order chi connectivity index (χ0) is 21.1. The molecule has 4 rings (SSSR count). The van der Waals surface area contributed by atoms with Crippen LogP contribution in [0.2, 0.25) is 0 Å². The zero-order valence-electron chi connectivity index (χ0n) is 16.2. The molecule has 0 spiro atoms. The Morgan fingerprint density at radius 2 is 1.62 bits per heavy atom. The van der Waals surface area contributed by atoms with Gasteiger partial charge in [0.15, 0.2) is 0 Å². The van der Waals surface area contributed by atoms with Crippen LogP contribution in [0.4, 0.5) is 0 Å². The number of fused-ring (bicyclic) bond motifs is 2. The molecule has 0 unspecified atom stereocenters. The Morgan fingerprint density at radius 1 is 0.931 bits per heavy atom. The minimum atomic E-state index is 0.706. The number of hydrogen-bond donors (Lipinski definition) is 1. The van der Waals surface area contributed by atoms with Crippen LogP contribution in [0.25, 0.3) is 22.1 Å². The molecule has 0 aliphatic carbocycles. The van der Waals surface area contributed by atoms with E-state index in [0.717, 1.165) is 49.5 Å². The van der Waals surface area contributed by atoms with Gasteiger partial charge in [0.05, 0.1) is 13.2 Å². The van der Waals surface area contributed by atoms with Crippen LogP contribution in [0.1, 0.15) is 0 Å². The Kier molecular flexibility index (Phi) is 10.9. The van der Waals surface area contributed by atoms with Gasteiger partial charge in [-0.25, -0.2) is 9.97 Å². The predicted molar refractivity (Wildman–Crippen MR) is 129 cm³/mol. The average Bonchev–Trinajstić information content (AvgIpc) is 3.37. The van der Waals surface area contributed by atoms with E-state index in [1.54, 1.807) is 26.6 Å². The van der Waals surface area contributed by atoms with Crippen molar-refractivity contribution in [3.63, 3.8) is 0 Å². The number of rotatable bonds is 5. The summed E-state index contributed by atoms with van der Waals surface area (Å²) in [6.07, 6.45) is 7.47. The number of hydrogen-bond acceptors (Lipinski definition) is 4. The summed E-state index contributed by atoms with van der Waals surface area (Å²) < 4.78 is 13.9. The SMILES string of the molecule is Brc1ccnc2[nH]ccc12.COCCBr.COCCn1ccc2c(Br)ccnc21. The third-order valence-electron chi connectivity index (χ3n) is 3.83. The number of nitrogens with zero attached hydrogens (tertiary/aromatic N) is 3. The molecule has 0 saturated heterocycles. The summed E-state index contributed by atoms with van der Waals surface area (Å²) in [5.74, 6) is 0. The van der Waals surface area contributed by atoms with Gasteiger partial charge in [-0.05, 0) is 56.1 Å². The third-order valence-corrected chi connectivity index (χ3v) is 5.54. The molecule has 0 aliphatic heterocycles. The van der Waals surface area contributed by atoms with Crippen molar-refractivity contribution in [1.82, 2.24) is 19.5 Å². The first-order chi connectivity index (χ1) is 14.1. The minimum absolute atomic E-state index is 0.706. The highest BCUT2D eigenvalue weighted by molar-refractivity contribution is 9.11. The van der Waals surface area contributed by atoms with Gasteiger partial charge in [0.25, 0.3) is 0 Å². The van der Waals surface area contributed by atoms with Crippen molar-refractivity contribution in [3.8, 4) is 0 Å². The van der Waals surface area contributed by atoms with Crippen LogP contribution in [0.15, 0.2) is 58.0 Å².